The van der Waals surface area contributed by atoms with Crippen molar-refractivity contribution in [3.05, 3.63) is 35.7 Å². The van der Waals surface area contributed by atoms with Crippen molar-refractivity contribution in [2.24, 2.45) is 0 Å². The Hall–Kier alpha value is -1.11. The maximum atomic E-state index is 5.65. The lowest BCUT2D eigenvalue weighted by Gasteiger charge is -2.11. The lowest BCUT2D eigenvalue weighted by molar-refractivity contribution is 0.520. The summed E-state index contributed by atoms with van der Waals surface area (Å²) in [5.41, 5.74) is 7.93. The van der Waals surface area contributed by atoms with Crippen molar-refractivity contribution in [3.63, 3.8) is 0 Å². The van der Waals surface area contributed by atoms with Gasteiger partial charge in [0.05, 0.1) is 18.8 Å². The number of anilines is 1. The molecule has 1 heteroatoms. The minimum atomic E-state index is 0.863. The van der Waals surface area contributed by atoms with Crippen LogP contribution in [0.1, 0.15) is 37.7 Å². The summed E-state index contributed by atoms with van der Waals surface area (Å²) in [6.07, 6.45) is 8.05. The van der Waals surface area contributed by atoms with Gasteiger partial charge in [-0.1, -0.05) is 12.1 Å². The topological polar surface area (TPSA) is 26.0 Å². The van der Waals surface area contributed by atoms with Crippen LogP contribution >= 0.6 is 0 Å². The highest BCUT2D eigenvalue weighted by molar-refractivity contribution is 5.39. The van der Waals surface area contributed by atoms with Crippen molar-refractivity contribution in [1.82, 2.24) is 0 Å². The molecule has 0 saturated heterocycles. The molecule has 0 bridgehead atoms. The van der Waals surface area contributed by atoms with Crippen LogP contribution in [0.5, 0.6) is 0 Å². The van der Waals surface area contributed by atoms with Crippen molar-refractivity contribution >= 4 is 5.69 Å². The largest absolute Gasteiger partial charge is 0.399 e. The van der Waals surface area contributed by atoms with Gasteiger partial charge in [0.2, 0.25) is 0 Å². The van der Waals surface area contributed by atoms with Gasteiger partial charge in [-0.05, 0) is 37.0 Å². The van der Waals surface area contributed by atoms with Crippen LogP contribution in [0.2, 0.25) is 0 Å². The molecule has 1 aliphatic carbocycles. The SMILES string of the molecule is Nc1ccc(C[C+]2CCCCC2)cc1. The van der Waals surface area contributed by atoms with Gasteiger partial charge in [-0.15, -0.1) is 0 Å². The molecule has 0 aliphatic heterocycles. The fourth-order valence-corrected chi connectivity index (χ4v) is 2.15. The Morgan fingerprint density at radius 3 is 2.29 bits per heavy atom. The minimum Gasteiger partial charge on any atom is -0.399 e. The predicted molar refractivity (Wildman–Crippen MR) is 60.9 cm³/mol. The normalized spacial score (nSPS) is 17.0. The van der Waals surface area contributed by atoms with E-state index < -0.39 is 0 Å². The number of hydrogen-bond acceptors (Lipinski definition) is 1. The Morgan fingerprint density at radius 1 is 1.00 bits per heavy atom. The number of rotatable bonds is 2. The van der Waals surface area contributed by atoms with Gasteiger partial charge in [0, 0.05) is 5.69 Å². The van der Waals surface area contributed by atoms with Crippen molar-refractivity contribution in [2.75, 3.05) is 5.73 Å². The van der Waals surface area contributed by atoms with E-state index in [4.69, 9.17) is 5.73 Å². The first-order valence-electron chi connectivity index (χ1n) is 5.52. The van der Waals surface area contributed by atoms with Crippen molar-refractivity contribution in [3.8, 4) is 0 Å². The average Bonchev–Trinajstić information content (AvgIpc) is 2.23. The predicted octanol–water partition coefficient (Wildman–Crippen LogP) is 3.35. The summed E-state index contributed by atoms with van der Waals surface area (Å²) in [5, 5.41) is 0. The smallest absolute Gasteiger partial charge is 0.115 e. The van der Waals surface area contributed by atoms with Gasteiger partial charge in [-0.25, -0.2) is 0 Å². The Morgan fingerprint density at radius 2 is 1.64 bits per heavy atom. The quantitative estimate of drug-likeness (QED) is 0.559. The summed E-state index contributed by atoms with van der Waals surface area (Å²) in [6.45, 7) is 0. The van der Waals surface area contributed by atoms with Crippen LogP contribution in [0.15, 0.2) is 24.3 Å². The lowest BCUT2D eigenvalue weighted by Crippen LogP contribution is -2.06. The van der Waals surface area contributed by atoms with Crippen LogP contribution < -0.4 is 5.73 Å². The first-order valence-corrected chi connectivity index (χ1v) is 5.52. The van der Waals surface area contributed by atoms with E-state index in [1.165, 1.54) is 44.1 Å². The Balaban J connectivity index is 1.92. The molecule has 0 amide bonds. The van der Waals surface area contributed by atoms with E-state index in [1.54, 1.807) is 5.92 Å². The van der Waals surface area contributed by atoms with Gasteiger partial charge in [-0.3, -0.25) is 0 Å². The van der Waals surface area contributed by atoms with Crippen LogP contribution in [-0.2, 0) is 6.42 Å². The third-order valence-electron chi connectivity index (χ3n) is 2.99. The zero-order valence-electron chi connectivity index (χ0n) is 8.63. The van der Waals surface area contributed by atoms with Gasteiger partial charge in [0.25, 0.3) is 0 Å². The third-order valence-corrected chi connectivity index (χ3v) is 2.99. The fraction of sp³-hybridized carbons (Fsp3) is 0.462. The zero-order valence-corrected chi connectivity index (χ0v) is 8.63. The molecular formula is C13H18N+. The van der Waals surface area contributed by atoms with E-state index in [-0.39, 0.29) is 0 Å². The molecule has 0 atom stereocenters. The lowest BCUT2D eigenvalue weighted by atomic mass is 9.85. The first kappa shape index (κ1) is 9.45. The summed E-state index contributed by atoms with van der Waals surface area (Å²) in [7, 11) is 0. The molecule has 0 heterocycles. The van der Waals surface area contributed by atoms with Crippen LogP contribution in [0, 0.1) is 5.92 Å². The molecule has 2 N–H and O–H groups in total. The second-order valence-electron chi connectivity index (χ2n) is 4.23. The van der Waals surface area contributed by atoms with E-state index in [0.29, 0.717) is 0 Å². The van der Waals surface area contributed by atoms with Crippen LogP contribution in [0.3, 0.4) is 0 Å². The van der Waals surface area contributed by atoms with Crippen LogP contribution in [-0.4, -0.2) is 0 Å². The molecule has 14 heavy (non-hydrogen) atoms. The molecule has 1 saturated carbocycles. The van der Waals surface area contributed by atoms with Crippen LogP contribution in [0.4, 0.5) is 5.69 Å². The van der Waals surface area contributed by atoms with Crippen molar-refractivity contribution in [2.45, 2.75) is 38.5 Å². The maximum Gasteiger partial charge on any atom is 0.115 e. The number of nitrogen functional groups attached to an aromatic ring is 1. The summed E-state index contributed by atoms with van der Waals surface area (Å²) in [4.78, 5) is 0. The second kappa shape index (κ2) is 4.41. The Labute approximate surface area is 86.3 Å². The molecule has 1 aromatic carbocycles. The van der Waals surface area contributed by atoms with Gasteiger partial charge in [0.1, 0.15) is 6.42 Å². The van der Waals surface area contributed by atoms with Crippen molar-refractivity contribution < 1.29 is 0 Å². The number of nitrogens with two attached hydrogens (primary N) is 1. The molecule has 2 rings (SSSR count). The fourth-order valence-electron chi connectivity index (χ4n) is 2.15. The molecule has 74 valence electrons. The maximum absolute atomic E-state index is 5.65. The van der Waals surface area contributed by atoms with Gasteiger partial charge >= 0.3 is 0 Å². The molecular weight excluding hydrogens is 170 g/mol. The molecule has 1 fully saturated rings. The number of benzene rings is 1. The number of hydrogen-bond donors (Lipinski definition) is 1. The highest BCUT2D eigenvalue weighted by atomic mass is 14.5. The van der Waals surface area contributed by atoms with Gasteiger partial charge in [-0.2, -0.15) is 0 Å². The van der Waals surface area contributed by atoms with Gasteiger partial charge < -0.3 is 5.73 Å². The highest BCUT2D eigenvalue weighted by Crippen LogP contribution is 2.28. The second-order valence-corrected chi connectivity index (χ2v) is 4.23. The van der Waals surface area contributed by atoms with E-state index in [1.807, 2.05) is 12.1 Å². The van der Waals surface area contributed by atoms with Crippen molar-refractivity contribution in [1.29, 1.82) is 0 Å². The molecule has 0 radical (unpaired) electrons. The summed E-state index contributed by atoms with van der Waals surface area (Å²) < 4.78 is 0. The highest BCUT2D eigenvalue weighted by Gasteiger charge is 2.23. The molecule has 1 aliphatic rings. The first-order chi connectivity index (χ1) is 6.84. The van der Waals surface area contributed by atoms with Gasteiger partial charge in [0.15, 0.2) is 0 Å². The molecule has 0 spiro atoms. The molecule has 1 nitrogen and oxygen atoms in total. The third kappa shape index (κ3) is 2.44. The average molecular weight is 188 g/mol. The monoisotopic (exact) mass is 188 g/mol. The Bertz CT molecular complexity index is 270. The van der Waals surface area contributed by atoms with E-state index >= 15 is 0 Å². The minimum absolute atomic E-state index is 0.863. The van der Waals surface area contributed by atoms with E-state index in [2.05, 4.69) is 12.1 Å². The summed E-state index contributed by atoms with van der Waals surface area (Å²) in [5.74, 6) is 1.72. The van der Waals surface area contributed by atoms with E-state index in [9.17, 15) is 0 Å². The molecule has 0 aromatic heterocycles. The standard InChI is InChI=1S/C13H18N/c14-13-8-6-12(7-9-13)10-11-4-2-1-3-5-11/h6-9H,1-5,10,14H2/q+1. The zero-order chi connectivity index (χ0) is 9.80. The van der Waals surface area contributed by atoms with E-state index in [0.717, 1.165) is 5.69 Å². The van der Waals surface area contributed by atoms with Crippen LogP contribution in [0.25, 0.3) is 0 Å². The Kier molecular flexibility index (Phi) is 2.97. The summed E-state index contributed by atoms with van der Waals surface area (Å²) >= 11 is 0. The summed E-state index contributed by atoms with van der Waals surface area (Å²) in [6, 6.07) is 8.30. The molecule has 0 unspecified atom stereocenters. The molecule has 1 aromatic rings.